The van der Waals surface area contributed by atoms with Crippen molar-refractivity contribution < 1.29 is 19.4 Å². The molecule has 104 valence electrons. The maximum Gasteiger partial charge on any atom is 0.413 e. The quantitative estimate of drug-likeness (QED) is 0.889. The fraction of sp³-hybridized carbons (Fsp3) is 0.429. The predicted molar refractivity (Wildman–Crippen MR) is 72.5 cm³/mol. The minimum Gasteiger partial charge on any atom is -0.481 e. The van der Waals surface area contributed by atoms with Gasteiger partial charge in [-0.05, 0) is 43.5 Å². The standard InChI is InChI=1S/C14H19NO4/c1-10-7-11(2)9-12(8-10)15(14(18)19-3)6-4-5-13(16)17/h7-9H,4-6H2,1-3H3,(H,16,17). The Morgan fingerprint density at radius 2 is 1.79 bits per heavy atom. The van der Waals surface area contributed by atoms with Crippen molar-refractivity contribution in [3.05, 3.63) is 29.3 Å². The Morgan fingerprint density at radius 3 is 2.26 bits per heavy atom. The number of carboxylic acid groups (broad SMARTS) is 1. The highest BCUT2D eigenvalue weighted by Crippen LogP contribution is 2.20. The molecule has 0 aromatic heterocycles. The third-order valence-electron chi connectivity index (χ3n) is 2.69. The zero-order valence-electron chi connectivity index (χ0n) is 11.5. The maximum absolute atomic E-state index is 11.8. The van der Waals surface area contributed by atoms with Crippen molar-refractivity contribution in [1.29, 1.82) is 0 Å². The van der Waals surface area contributed by atoms with Gasteiger partial charge in [0.25, 0.3) is 0 Å². The highest BCUT2D eigenvalue weighted by atomic mass is 16.5. The van der Waals surface area contributed by atoms with Gasteiger partial charge < -0.3 is 9.84 Å². The number of benzene rings is 1. The van der Waals surface area contributed by atoms with E-state index in [1.807, 2.05) is 32.0 Å². The highest BCUT2D eigenvalue weighted by molar-refractivity contribution is 5.87. The Morgan fingerprint density at radius 1 is 1.21 bits per heavy atom. The van der Waals surface area contributed by atoms with Crippen molar-refractivity contribution >= 4 is 17.7 Å². The summed E-state index contributed by atoms with van der Waals surface area (Å²) in [7, 11) is 1.31. The summed E-state index contributed by atoms with van der Waals surface area (Å²) in [6.45, 7) is 4.22. The minimum absolute atomic E-state index is 0.0261. The van der Waals surface area contributed by atoms with E-state index in [0.29, 0.717) is 13.0 Å². The van der Waals surface area contributed by atoms with E-state index < -0.39 is 12.1 Å². The molecule has 0 unspecified atom stereocenters. The van der Waals surface area contributed by atoms with Gasteiger partial charge in [0.15, 0.2) is 0 Å². The van der Waals surface area contributed by atoms with Crippen LogP contribution in [-0.4, -0.2) is 30.8 Å². The fourth-order valence-electron chi connectivity index (χ4n) is 1.93. The van der Waals surface area contributed by atoms with Crippen molar-refractivity contribution in [3.8, 4) is 0 Å². The van der Waals surface area contributed by atoms with Crippen molar-refractivity contribution in [2.24, 2.45) is 0 Å². The van der Waals surface area contributed by atoms with Gasteiger partial charge in [-0.1, -0.05) is 6.07 Å². The monoisotopic (exact) mass is 265 g/mol. The third-order valence-corrected chi connectivity index (χ3v) is 2.69. The number of carboxylic acids is 1. The molecule has 0 spiro atoms. The smallest absolute Gasteiger partial charge is 0.413 e. The van der Waals surface area contributed by atoms with Crippen LogP contribution in [0.2, 0.25) is 0 Å². The maximum atomic E-state index is 11.8. The zero-order valence-corrected chi connectivity index (χ0v) is 11.5. The van der Waals surface area contributed by atoms with Gasteiger partial charge in [-0.15, -0.1) is 0 Å². The average molecular weight is 265 g/mol. The number of ether oxygens (including phenoxy) is 1. The average Bonchev–Trinajstić information content (AvgIpc) is 2.32. The second-order valence-corrected chi connectivity index (χ2v) is 4.46. The van der Waals surface area contributed by atoms with Gasteiger partial charge in [0.05, 0.1) is 7.11 Å². The van der Waals surface area contributed by atoms with Crippen LogP contribution >= 0.6 is 0 Å². The summed E-state index contributed by atoms with van der Waals surface area (Å²) < 4.78 is 4.74. The Kier molecular flexibility index (Phi) is 5.36. The summed E-state index contributed by atoms with van der Waals surface area (Å²) >= 11 is 0. The molecule has 5 nitrogen and oxygen atoms in total. The van der Waals surface area contributed by atoms with E-state index in [9.17, 15) is 9.59 Å². The van der Waals surface area contributed by atoms with E-state index in [2.05, 4.69) is 0 Å². The summed E-state index contributed by atoms with van der Waals surface area (Å²) in [4.78, 5) is 23.8. The van der Waals surface area contributed by atoms with Crippen LogP contribution in [0.5, 0.6) is 0 Å². The van der Waals surface area contributed by atoms with Crippen LogP contribution in [0.15, 0.2) is 18.2 Å². The first-order valence-corrected chi connectivity index (χ1v) is 6.09. The first kappa shape index (κ1) is 15.0. The van der Waals surface area contributed by atoms with Crippen LogP contribution in [0.4, 0.5) is 10.5 Å². The zero-order chi connectivity index (χ0) is 14.4. The molecule has 0 aliphatic carbocycles. The van der Waals surface area contributed by atoms with E-state index >= 15 is 0 Å². The summed E-state index contributed by atoms with van der Waals surface area (Å²) in [6, 6.07) is 5.77. The Balaban J connectivity index is 2.89. The molecular weight excluding hydrogens is 246 g/mol. The number of aliphatic carboxylic acids is 1. The fourth-order valence-corrected chi connectivity index (χ4v) is 1.93. The summed E-state index contributed by atoms with van der Waals surface area (Å²) in [5.74, 6) is -0.870. The number of anilines is 1. The number of carbonyl (C=O) groups excluding carboxylic acids is 1. The normalized spacial score (nSPS) is 10.1. The largest absolute Gasteiger partial charge is 0.481 e. The van der Waals surface area contributed by atoms with Gasteiger partial charge in [-0.25, -0.2) is 4.79 Å². The number of carbonyl (C=O) groups is 2. The van der Waals surface area contributed by atoms with Gasteiger partial charge in [0.2, 0.25) is 0 Å². The third kappa shape index (κ3) is 4.62. The molecule has 0 aliphatic heterocycles. The number of methoxy groups -OCH3 is 1. The molecule has 0 atom stereocenters. The number of hydrogen-bond donors (Lipinski definition) is 1. The molecule has 0 bridgehead atoms. The Labute approximate surface area is 112 Å². The van der Waals surface area contributed by atoms with E-state index in [1.54, 1.807) is 0 Å². The highest BCUT2D eigenvalue weighted by Gasteiger charge is 2.16. The van der Waals surface area contributed by atoms with Crippen LogP contribution < -0.4 is 4.90 Å². The molecule has 1 rings (SSSR count). The van der Waals surface area contributed by atoms with Crippen LogP contribution in [0, 0.1) is 13.8 Å². The summed E-state index contributed by atoms with van der Waals surface area (Å²) in [6.07, 6.45) is -0.0641. The minimum atomic E-state index is -0.870. The molecule has 1 amide bonds. The molecule has 0 saturated heterocycles. The Hall–Kier alpha value is -2.04. The second-order valence-electron chi connectivity index (χ2n) is 4.46. The Bertz CT molecular complexity index is 450. The number of aryl methyl sites for hydroxylation is 2. The van der Waals surface area contributed by atoms with Crippen LogP contribution in [0.1, 0.15) is 24.0 Å². The molecule has 0 aliphatic rings. The van der Waals surface area contributed by atoms with E-state index in [0.717, 1.165) is 16.8 Å². The van der Waals surface area contributed by atoms with Crippen LogP contribution in [0.25, 0.3) is 0 Å². The van der Waals surface area contributed by atoms with Gasteiger partial charge in [0.1, 0.15) is 0 Å². The number of rotatable bonds is 5. The number of amides is 1. The van der Waals surface area contributed by atoms with Gasteiger partial charge in [-0.3, -0.25) is 9.69 Å². The predicted octanol–water partition coefficient (Wildman–Crippen LogP) is 2.74. The van der Waals surface area contributed by atoms with E-state index in [4.69, 9.17) is 9.84 Å². The number of nitrogens with zero attached hydrogens (tertiary/aromatic N) is 1. The first-order valence-electron chi connectivity index (χ1n) is 6.09. The molecule has 0 saturated carbocycles. The SMILES string of the molecule is COC(=O)N(CCCC(=O)O)c1cc(C)cc(C)c1. The molecular formula is C14H19NO4. The van der Waals surface area contributed by atoms with Crippen molar-refractivity contribution in [3.63, 3.8) is 0 Å². The first-order chi connectivity index (χ1) is 8.93. The van der Waals surface area contributed by atoms with Crippen molar-refractivity contribution in [1.82, 2.24) is 0 Å². The molecule has 5 heteroatoms. The number of hydrogen-bond acceptors (Lipinski definition) is 3. The lowest BCUT2D eigenvalue weighted by Crippen LogP contribution is -2.32. The van der Waals surface area contributed by atoms with Gasteiger partial charge >= 0.3 is 12.1 Å². The summed E-state index contributed by atoms with van der Waals surface area (Å²) in [5, 5.41) is 8.65. The topological polar surface area (TPSA) is 66.8 Å². The molecule has 0 fully saturated rings. The summed E-state index contributed by atoms with van der Waals surface area (Å²) in [5.41, 5.74) is 2.82. The molecule has 1 aromatic rings. The van der Waals surface area contributed by atoms with Crippen molar-refractivity contribution in [2.45, 2.75) is 26.7 Å². The lowest BCUT2D eigenvalue weighted by Gasteiger charge is -2.22. The molecule has 1 aromatic carbocycles. The molecule has 0 heterocycles. The lowest BCUT2D eigenvalue weighted by atomic mass is 10.1. The molecule has 1 N–H and O–H groups in total. The molecule has 19 heavy (non-hydrogen) atoms. The van der Waals surface area contributed by atoms with Crippen LogP contribution in [0.3, 0.4) is 0 Å². The lowest BCUT2D eigenvalue weighted by molar-refractivity contribution is -0.137. The van der Waals surface area contributed by atoms with Crippen molar-refractivity contribution in [2.75, 3.05) is 18.6 Å². The second kappa shape index (κ2) is 6.78. The molecule has 0 radical (unpaired) electrons. The van der Waals surface area contributed by atoms with E-state index in [1.165, 1.54) is 12.0 Å². The van der Waals surface area contributed by atoms with Gasteiger partial charge in [-0.2, -0.15) is 0 Å². The van der Waals surface area contributed by atoms with E-state index in [-0.39, 0.29) is 6.42 Å². The van der Waals surface area contributed by atoms with Gasteiger partial charge in [0, 0.05) is 18.7 Å². The van der Waals surface area contributed by atoms with Crippen LogP contribution in [-0.2, 0) is 9.53 Å².